The molecule has 5 heteroatoms. The highest BCUT2D eigenvalue weighted by Crippen LogP contribution is 2.24. The minimum absolute atomic E-state index is 0.0591. The van der Waals surface area contributed by atoms with Crippen LogP contribution in [0.4, 0.5) is 14.5 Å². The van der Waals surface area contributed by atoms with Crippen molar-refractivity contribution in [3.8, 4) is 0 Å². The molecule has 3 nitrogen and oxygen atoms in total. The quantitative estimate of drug-likeness (QED) is 0.931. The fourth-order valence-electron chi connectivity index (χ4n) is 3.05. The normalized spacial score (nSPS) is 17.6. The molecule has 0 aliphatic carbocycles. The van der Waals surface area contributed by atoms with Crippen LogP contribution in [-0.4, -0.2) is 25.0 Å². The Morgan fingerprint density at radius 2 is 1.92 bits per heavy atom. The summed E-state index contributed by atoms with van der Waals surface area (Å²) in [5.41, 5.74) is 2.01. The molecule has 3 rings (SSSR count). The summed E-state index contributed by atoms with van der Waals surface area (Å²) in [6.07, 6.45) is 1.72. The number of nitrogens with one attached hydrogen (secondary N) is 1. The maximum absolute atomic E-state index is 14.1. The Balaban J connectivity index is 1.68. The Hall–Kier alpha value is -2.43. The SMILES string of the molecule is Cc1ccc(F)c(N2CCCC(NC(=O)c3ccc(F)cc3)C2)c1. The van der Waals surface area contributed by atoms with E-state index in [4.69, 9.17) is 0 Å². The van der Waals surface area contributed by atoms with Crippen LogP contribution < -0.4 is 10.2 Å². The van der Waals surface area contributed by atoms with Gasteiger partial charge in [0, 0.05) is 24.7 Å². The number of amides is 1. The van der Waals surface area contributed by atoms with Crippen molar-refractivity contribution in [1.82, 2.24) is 5.32 Å². The van der Waals surface area contributed by atoms with Gasteiger partial charge in [-0.25, -0.2) is 8.78 Å². The van der Waals surface area contributed by atoms with Gasteiger partial charge in [0.1, 0.15) is 11.6 Å². The molecular formula is C19H20F2N2O. The summed E-state index contributed by atoms with van der Waals surface area (Å²) < 4.78 is 27.0. The van der Waals surface area contributed by atoms with Crippen LogP contribution in [0, 0.1) is 18.6 Å². The van der Waals surface area contributed by atoms with Gasteiger partial charge in [0.2, 0.25) is 0 Å². The average molecular weight is 330 g/mol. The third kappa shape index (κ3) is 3.72. The second-order valence-electron chi connectivity index (χ2n) is 6.22. The molecule has 1 aliphatic heterocycles. The van der Waals surface area contributed by atoms with Gasteiger partial charge in [-0.1, -0.05) is 6.07 Å². The summed E-state index contributed by atoms with van der Waals surface area (Å²) >= 11 is 0. The van der Waals surface area contributed by atoms with Crippen LogP contribution in [0.3, 0.4) is 0 Å². The first-order chi connectivity index (χ1) is 11.5. The van der Waals surface area contributed by atoms with Gasteiger partial charge >= 0.3 is 0 Å². The van der Waals surface area contributed by atoms with E-state index in [0.717, 1.165) is 24.9 Å². The topological polar surface area (TPSA) is 32.3 Å². The molecule has 0 aromatic heterocycles. The van der Waals surface area contributed by atoms with Crippen molar-refractivity contribution < 1.29 is 13.6 Å². The molecule has 2 aromatic rings. The number of aryl methyl sites for hydroxylation is 1. The number of hydrogen-bond donors (Lipinski definition) is 1. The highest BCUT2D eigenvalue weighted by atomic mass is 19.1. The van der Waals surface area contributed by atoms with Crippen molar-refractivity contribution in [1.29, 1.82) is 0 Å². The molecule has 1 fully saturated rings. The first-order valence-corrected chi connectivity index (χ1v) is 8.10. The van der Waals surface area contributed by atoms with Gasteiger partial charge in [0.15, 0.2) is 0 Å². The molecule has 0 saturated carbocycles. The lowest BCUT2D eigenvalue weighted by Gasteiger charge is -2.35. The third-order valence-electron chi connectivity index (χ3n) is 4.31. The molecule has 1 saturated heterocycles. The molecule has 1 amide bonds. The number of rotatable bonds is 3. The van der Waals surface area contributed by atoms with Gasteiger partial charge in [-0.2, -0.15) is 0 Å². The molecule has 1 aliphatic rings. The van der Waals surface area contributed by atoms with Crippen LogP contribution in [0.2, 0.25) is 0 Å². The number of carbonyl (C=O) groups is 1. The van der Waals surface area contributed by atoms with Crippen molar-refractivity contribution >= 4 is 11.6 Å². The summed E-state index contributed by atoms with van der Waals surface area (Å²) in [6, 6.07) is 10.5. The second-order valence-corrected chi connectivity index (χ2v) is 6.22. The van der Waals surface area contributed by atoms with Crippen molar-refractivity contribution in [2.24, 2.45) is 0 Å². The first-order valence-electron chi connectivity index (χ1n) is 8.10. The predicted octanol–water partition coefficient (Wildman–Crippen LogP) is 3.67. The molecule has 2 aromatic carbocycles. The minimum Gasteiger partial charge on any atom is -0.367 e. The second kappa shape index (κ2) is 6.99. The summed E-state index contributed by atoms with van der Waals surface area (Å²) in [6.45, 7) is 3.26. The molecule has 1 atom stereocenters. The lowest BCUT2D eigenvalue weighted by molar-refractivity contribution is 0.0933. The van der Waals surface area contributed by atoms with E-state index in [1.807, 2.05) is 17.9 Å². The molecule has 0 spiro atoms. The van der Waals surface area contributed by atoms with Crippen LogP contribution in [0.1, 0.15) is 28.8 Å². The van der Waals surface area contributed by atoms with E-state index in [1.165, 1.54) is 30.3 Å². The zero-order valence-electron chi connectivity index (χ0n) is 13.6. The largest absolute Gasteiger partial charge is 0.367 e. The van der Waals surface area contributed by atoms with E-state index in [2.05, 4.69) is 5.32 Å². The van der Waals surface area contributed by atoms with Crippen molar-refractivity contribution in [2.45, 2.75) is 25.8 Å². The van der Waals surface area contributed by atoms with E-state index >= 15 is 0 Å². The van der Waals surface area contributed by atoms with Crippen LogP contribution in [0.15, 0.2) is 42.5 Å². The molecule has 0 radical (unpaired) electrons. The molecule has 0 bridgehead atoms. The van der Waals surface area contributed by atoms with Crippen LogP contribution in [0.25, 0.3) is 0 Å². The van der Waals surface area contributed by atoms with Crippen LogP contribution in [0.5, 0.6) is 0 Å². The molecule has 1 heterocycles. The van der Waals surface area contributed by atoms with E-state index in [0.29, 0.717) is 17.8 Å². The molecule has 1 unspecified atom stereocenters. The highest BCUT2D eigenvalue weighted by Gasteiger charge is 2.23. The number of anilines is 1. The summed E-state index contributed by atoms with van der Waals surface area (Å²) in [7, 11) is 0. The van der Waals surface area contributed by atoms with E-state index in [-0.39, 0.29) is 23.6 Å². The van der Waals surface area contributed by atoms with Crippen LogP contribution in [-0.2, 0) is 0 Å². The molecule has 1 N–H and O–H groups in total. The fourth-order valence-corrected chi connectivity index (χ4v) is 3.05. The summed E-state index contributed by atoms with van der Waals surface area (Å²) in [5.74, 6) is -0.844. The Morgan fingerprint density at radius 1 is 1.17 bits per heavy atom. The number of carbonyl (C=O) groups excluding carboxylic acids is 1. The third-order valence-corrected chi connectivity index (χ3v) is 4.31. The van der Waals surface area contributed by atoms with Gasteiger partial charge in [-0.05, 0) is 61.7 Å². The van der Waals surface area contributed by atoms with Gasteiger partial charge < -0.3 is 10.2 Å². The number of halogens is 2. The summed E-state index contributed by atoms with van der Waals surface area (Å²) in [5, 5.41) is 2.96. The van der Waals surface area contributed by atoms with E-state index < -0.39 is 0 Å². The number of hydrogen-bond acceptors (Lipinski definition) is 2. The van der Waals surface area contributed by atoms with Gasteiger partial charge in [-0.15, -0.1) is 0 Å². The zero-order valence-corrected chi connectivity index (χ0v) is 13.6. The van der Waals surface area contributed by atoms with Gasteiger partial charge in [0.25, 0.3) is 5.91 Å². The standard InChI is InChI=1S/C19H20F2N2O/c1-13-4-9-17(21)18(11-13)23-10-2-3-16(12-23)22-19(24)14-5-7-15(20)8-6-14/h4-9,11,16H,2-3,10,12H2,1H3,(H,22,24). The van der Waals surface area contributed by atoms with Gasteiger partial charge in [-0.3, -0.25) is 4.79 Å². The smallest absolute Gasteiger partial charge is 0.251 e. The Bertz CT molecular complexity index is 731. The van der Waals surface area contributed by atoms with Crippen molar-refractivity contribution in [3.05, 3.63) is 65.2 Å². The summed E-state index contributed by atoms with van der Waals surface area (Å²) in [4.78, 5) is 14.2. The molecular weight excluding hydrogens is 310 g/mol. The number of benzene rings is 2. The van der Waals surface area contributed by atoms with E-state index in [1.54, 1.807) is 6.07 Å². The molecule has 126 valence electrons. The fraction of sp³-hybridized carbons (Fsp3) is 0.316. The monoisotopic (exact) mass is 330 g/mol. The number of piperidine rings is 1. The highest BCUT2D eigenvalue weighted by molar-refractivity contribution is 5.94. The van der Waals surface area contributed by atoms with Crippen molar-refractivity contribution in [3.63, 3.8) is 0 Å². The lowest BCUT2D eigenvalue weighted by Crippen LogP contribution is -2.48. The van der Waals surface area contributed by atoms with Crippen molar-refractivity contribution in [2.75, 3.05) is 18.0 Å². The maximum atomic E-state index is 14.1. The Labute approximate surface area is 140 Å². The zero-order chi connectivity index (χ0) is 17.1. The average Bonchev–Trinajstić information content (AvgIpc) is 2.58. The Morgan fingerprint density at radius 3 is 2.67 bits per heavy atom. The lowest BCUT2D eigenvalue weighted by atomic mass is 10.0. The van der Waals surface area contributed by atoms with Crippen LogP contribution >= 0.6 is 0 Å². The number of nitrogens with zero attached hydrogens (tertiary/aromatic N) is 1. The first kappa shape index (κ1) is 16.4. The Kier molecular flexibility index (Phi) is 4.79. The minimum atomic E-state index is -0.370. The predicted molar refractivity (Wildman–Crippen MR) is 90.2 cm³/mol. The maximum Gasteiger partial charge on any atom is 0.251 e. The van der Waals surface area contributed by atoms with E-state index in [9.17, 15) is 13.6 Å². The van der Waals surface area contributed by atoms with Gasteiger partial charge in [0.05, 0.1) is 5.69 Å². The molecule has 24 heavy (non-hydrogen) atoms.